The van der Waals surface area contributed by atoms with E-state index in [1.807, 2.05) is 38.1 Å². The van der Waals surface area contributed by atoms with E-state index in [1.54, 1.807) is 0 Å². The summed E-state index contributed by atoms with van der Waals surface area (Å²) in [5.41, 5.74) is 2.86. The molecule has 3 rings (SSSR count). The molecule has 3 nitrogen and oxygen atoms in total. The molecule has 5 heteroatoms. The van der Waals surface area contributed by atoms with Crippen LogP contribution in [0.5, 0.6) is 0 Å². The van der Waals surface area contributed by atoms with Gasteiger partial charge in [-0.2, -0.15) is 0 Å². The van der Waals surface area contributed by atoms with Gasteiger partial charge in [-0.1, -0.05) is 35.5 Å². The van der Waals surface area contributed by atoms with Crippen molar-refractivity contribution in [2.45, 2.75) is 26.6 Å². The summed E-state index contributed by atoms with van der Waals surface area (Å²) in [6, 6.07) is 11.7. The van der Waals surface area contributed by atoms with Crippen LogP contribution in [0.1, 0.15) is 23.6 Å². The predicted octanol–water partition coefficient (Wildman–Crippen LogP) is 4.23. The lowest BCUT2D eigenvalue weighted by Crippen LogP contribution is -2.27. The number of benzene rings is 2. The Morgan fingerprint density at radius 2 is 1.79 bits per heavy atom. The Balaban J connectivity index is 1.70. The third-order valence-electron chi connectivity index (χ3n) is 4.26. The smallest absolute Gasteiger partial charge is 0.135 e. The Hall–Kier alpha value is -2.27. The molecule has 0 N–H and O–H groups in total. The van der Waals surface area contributed by atoms with Crippen molar-refractivity contribution in [3.8, 4) is 0 Å². The predicted molar refractivity (Wildman–Crippen MR) is 87.8 cm³/mol. The molecule has 0 saturated heterocycles. The van der Waals surface area contributed by atoms with Gasteiger partial charge in [-0.25, -0.2) is 8.78 Å². The molecule has 0 spiro atoms. The standard InChI is InChI=1S/C19H19F2NO2/c1-12-6-3-4-7-14(12)19-15(13(2)24-22-19)10-23-11-16-17(20)8-5-9-18(16)21/h3-9,13,15H,10-11H2,1-2H3. The molecule has 0 radical (unpaired) electrons. The van der Waals surface area contributed by atoms with Gasteiger partial charge in [0.15, 0.2) is 0 Å². The molecule has 0 aromatic heterocycles. The van der Waals surface area contributed by atoms with E-state index in [9.17, 15) is 8.78 Å². The van der Waals surface area contributed by atoms with Gasteiger partial charge in [0.1, 0.15) is 17.7 Å². The topological polar surface area (TPSA) is 30.8 Å². The first kappa shape index (κ1) is 16.6. The van der Waals surface area contributed by atoms with Gasteiger partial charge in [0.05, 0.1) is 24.8 Å². The van der Waals surface area contributed by atoms with Crippen LogP contribution in [-0.4, -0.2) is 18.4 Å². The molecule has 0 aliphatic carbocycles. The maximum absolute atomic E-state index is 13.7. The maximum atomic E-state index is 13.7. The minimum absolute atomic E-state index is 0.0570. The fourth-order valence-corrected chi connectivity index (χ4v) is 2.79. The van der Waals surface area contributed by atoms with Gasteiger partial charge in [0.25, 0.3) is 0 Å². The summed E-state index contributed by atoms with van der Waals surface area (Å²) >= 11 is 0. The van der Waals surface area contributed by atoms with Crippen LogP contribution in [0.15, 0.2) is 47.6 Å². The number of hydrogen-bond donors (Lipinski definition) is 0. The number of hydrogen-bond acceptors (Lipinski definition) is 3. The van der Waals surface area contributed by atoms with Crippen molar-refractivity contribution in [3.05, 3.63) is 70.8 Å². The van der Waals surface area contributed by atoms with E-state index >= 15 is 0 Å². The van der Waals surface area contributed by atoms with E-state index in [2.05, 4.69) is 5.16 Å². The number of aryl methyl sites for hydroxylation is 1. The van der Waals surface area contributed by atoms with E-state index < -0.39 is 11.6 Å². The van der Waals surface area contributed by atoms with E-state index in [-0.39, 0.29) is 30.8 Å². The average molecular weight is 331 g/mol. The van der Waals surface area contributed by atoms with E-state index in [1.165, 1.54) is 18.2 Å². The Morgan fingerprint density at radius 3 is 2.50 bits per heavy atom. The molecular weight excluding hydrogens is 312 g/mol. The Bertz CT molecular complexity index is 741. The second-order valence-electron chi connectivity index (χ2n) is 5.92. The third-order valence-corrected chi connectivity index (χ3v) is 4.26. The molecule has 1 aliphatic heterocycles. The second-order valence-corrected chi connectivity index (χ2v) is 5.92. The highest BCUT2D eigenvalue weighted by Crippen LogP contribution is 2.26. The molecular formula is C19H19F2NO2. The lowest BCUT2D eigenvalue weighted by molar-refractivity contribution is 0.0307. The molecule has 2 unspecified atom stereocenters. The SMILES string of the molecule is Cc1ccccc1C1=NOC(C)C1COCc1c(F)cccc1F. The average Bonchev–Trinajstić information content (AvgIpc) is 2.92. The Labute approximate surface area is 139 Å². The zero-order valence-electron chi connectivity index (χ0n) is 13.6. The fraction of sp³-hybridized carbons (Fsp3) is 0.316. The summed E-state index contributed by atoms with van der Waals surface area (Å²) in [4.78, 5) is 5.40. The molecule has 2 aromatic rings. The largest absolute Gasteiger partial charge is 0.392 e. The first-order valence-electron chi connectivity index (χ1n) is 7.88. The first-order chi connectivity index (χ1) is 11.6. The highest BCUT2D eigenvalue weighted by Gasteiger charge is 2.32. The molecule has 0 saturated carbocycles. The van der Waals surface area contributed by atoms with Crippen molar-refractivity contribution in [2.75, 3.05) is 6.61 Å². The second kappa shape index (κ2) is 7.09. The van der Waals surface area contributed by atoms with Crippen LogP contribution in [0.2, 0.25) is 0 Å². The molecule has 0 bridgehead atoms. The van der Waals surface area contributed by atoms with Crippen LogP contribution in [0.3, 0.4) is 0 Å². The summed E-state index contributed by atoms with van der Waals surface area (Å²) in [7, 11) is 0. The van der Waals surface area contributed by atoms with Crippen LogP contribution in [0.4, 0.5) is 8.78 Å². The zero-order valence-corrected chi connectivity index (χ0v) is 13.6. The Kier molecular flexibility index (Phi) is 4.90. The highest BCUT2D eigenvalue weighted by atomic mass is 19.1. The molecule has 1 heterocycles. The summed E-state index contributed by atoms with van der Waals surface area (Å²) in [5, 5.41) is 4.18. The monoisotopic (exact) mass is 331 g/mol. The molecule has 1 aliphatic rings. The minimum Gasteiger partial charge on any atom is -0.392 e. The zero-order chi connectivity index (χ0) is 17.1. The number of oxime groups is 1. The Morgan fingerprint density at radius 1 is 1.08 bits per heavy atom. The van der Waals surface area contributed by atoms with Crippen molar-refractivity contribution in [2.24, 2.45) is 11.1 Å². The molecule has 24 heavy (non-hydrogen) atoms. The van der Waals surface area contributed by atoms with Gasteiger partial charge < -0.3 is 9.57 Å². The maximum Gasteiger partial charge on any atom is 0.135 e. The summed E-state index contributed by atoms with van der Waals surface area (Å²) in [6.07, 6.45) is -0.148. The van der Waals surface area contributed by atoms with Gasteiger partial charge in [-0.15, -0.1) is 0 Å². The quantitative estimate of drug-likeness (QED) is 0.821. The van der Waals surface area contributed by atoms with E-state index in [0.29, 0.717) is 0 Å². The van der Waals surface area contributed by atoms with Crippen molar-refractivity contribution in [3.63, 3.8) is 0 Å². The fourth-order valence-electron chi connectivity index (χ4n) is 2.79. The van der Waals surface area contributed by atoms with Gasteiger partial charge in [-0.3, -0.25) is 0 Å². The van der Waals surface area contributed by atoms with Crippen molar-refractivity contribution >= 4 is 5.71 Å². The van der Waals surface area contributed by atoms with Crippen LogP contribution in [0.25, 0.3) is 0 Å². The number of ether oxygens (including phenoxy) is 1. The summed E-state index contributed by atoms with van der Waals surface area (Å²) < 4.78 is 32.9. The van der Waals surface area contributed by atoms with Gasteiger partial charge >= 0.3 is 0 Å². The van der Waals surface area contributed by atoms with Gasteiger partial charge in [0, 0.05) is 11.1 Å². The molecule has 126 valence electrons. The normalized spacial score (nSPS) is 19.9. The summed E-state index contributed by atoms with van der Waals surface area (Å²) in [6.45, 7) is 4.07. The molecule has 2 aromatic carbocycles. The van der Waals surface area contributed by atoms with Gasteiger partial charge in [0.2, 0.25) is 0 Å². The molecule has 2 atom stereocenters. The van der Waals surface area contributed by atoms with Crippen LogP contribution in [-0.2, 0) is 16.2 Å². The molecule has 0 amide bonds. The van der Waals surface area contributed by atoms with Gasteiger partial charge in [-0.05, 0) is 31.5 Å². The number of rotatable bonds is 5. The van der Waals surface area contributed by atoms with Crippen molar-refractivity contribution in [1.82, 2.24) is 0 Å². The summed E-state index contributed by atoms with van der Waals surface area (Å²) in [5.74, 6) is -1.28. The van der Waals surface area contributed by atoms with Crippen molar-refractivity contribution < 1.29 is 18.4 Å². The van der Waals surface area contributed by atoms with Crippen molar-refractivity contribution in [1.29, 1.82) is 0 Å². The highest BCUT2D eigenvalue weighted by molar-refractivity contribution is 6.04. The molecule has 0 fully saturated rings. The third kappa shape index (κ3) is 3.31. The lowest BCUT2D eigenvalue weighted by atomic mass is 9.91. The van der Waals surface area contributed by atoms with E-state index in [4.69, 9.17) is 9.57 Å². The van der Waals surface area contributed by atoms with Crippen LogP contribution in [0, 0.1) is 24.5 Å². The number of halogens is 2. The minimum atomic E-state index is -0.599. The van der Waals surface area contributed by atoms with E-state index in [0.717, 1.165) is 16.8 Å². The number of nitrogens with zero attached hydrogens (tertiary/aromatic N) is 1. The lowest BCUT2D eigenvalue weighted by Gasteiger charge is -2.17. The van der Waals surface area contributed by atoms with Crippen LogP contribution < -0.4 is 0 Å². The first-order valence-corrected chi connectivity index (χ1v) is 7.88. The van der Waals surface area contributed by atoms with Crippen LogP contribution >= 0.6 is 0 Å².